The lowest BCUT2D eigenvalue weighted by Gasteiger charge is -2.16. The largest absolute Gasteiger partial charge is 0.491 e. The molecule has 1 saturated heterocycles. The fourth-order valence-corrected chi connectivity index (χ4v) is 4.02. The highest BCUT2D eigenvalue weighted by molar-refractivity contribution is 6.11. The molecule has 1 amide bonds. The highest BCUT2D eigenvalue weighted by Crippen LogP contribution is 2.30. The number of H-pyrrole nitrogens is 1. The van der Waals surface area contributed by atoms with Crippen LogP contribution in [0.3, 0.4) is 0 Å². The predicted molar refractivity (Wildman–Crippen MR) is 125 cm³/mol. The van der Waals surface area contributed by atoms with Crippen LogP contribution in [0.15, 0.2) is 66.9 Å². The minimum atomic E-state index is -0.739. The number of hydrogen-bond donors (Lipinski definition) is 2. The van der Waals surface area contributed by atoms with E-state index >= 15 is 0 Å². The summed E-state index contributed by atoms with van der Waals surface area (Å²) >= 11 is 0. The van der Waals surface area contributed by atoms with Crippen molar-refractivity contribution in [3.63, 3.8) is 0 Å². The zero-order chi connectivity index (χ0) is 22.6. The van der Waals surface area contributed by atoms with Crippen molar-refractivity contribution >= 4 is 22.8 Å². The van der Waals surface area contributed by atoms with Gasteiger partial charge in [0.15, 0.2) is 0 Å². The quantitative estimate of drug-likeness (QED) is 0.443. The van der Waals surface area contributed by atoms with Crippen LogP contribution in [-0.4, -0.2) is 58.2 Å². The number of imidazole rings is 1. The highest BCUT2D eigenvalue weighted by atomic mass is 19.1. The number of aromatic amines is 1. The summed E-state index contributed by atoms with van der Waals surface area (Å²) in [6.07, 6.45) is 1.47. The molecule has 2 aromatic heterocycles. The lowest BCUT2D eigenvalue weighted by molar-refractivity contribution is 0.102. The Morgan fingerprint density at radius 3 is 2.85 bits per heavy atom. The van der Waals surface area contributed by atoms with Crippen molar-refractivity contribution in [3.8, 4) is 17.1 Å². The lowest BCUT2D eigenvalue weighted by atomic mass is 10.1. The topological polar surface area (TPSA) is 83.1 Å². The monoisotopic (exact) mass is 445 g/mol. The SMILES string of the molecule is O=C(Nc1ccccn1)c1cccc2[nH]c(-c3ccccc3OCCN3CC[C@@H](F)C3)nc12. The number of fused-ring (bicyclic) bond motifs is 1. The number of ether oxygens (including phenoxy) is 1. The van der Waals surface area contributed by atoms with Crippen molar-refractivity contribution in [1.82, 2.24) is 19.9 Å². The van der Waals surface area contributed by atoms with Crippen molar-refractivity contribution in [2.24, 2.45) is 0 Å². The smallest absolute Gasteiger partial charge is 0.259 e. The fourth-order valence-electron chi connectivity index (χ4n) is 4.02. The Morgan fingerprint density at radius 1 is 1.15 bits per heavy atom. The van der Waals surface area contributed by atoms with Crippen LogP contribution in [0, 0.1) is 0 Å². The van der Waals surface area contributed by atoms with Gasteiger partial charge in [-0.15, -0.1) is 0 Å². The Bertz CT molecular complexity index is 1260. The number of amides is 1. The fraction of sp³-hybridized carbons (Fsp3) is 0.240. The van der Waals surface area contributed by atoms with Crippen LogP contribution in [-0.2, 0) is 0 Å². The van der Waals surface area contributed by atoms with Gasteiger partial charge in [0.1, 0.15) is 35.7 Å². The average molecular weight is 445 g/mol. The number of pyridine rings is 1. The summed E-state index contributed by atoms with van der Waals surface area (Å²) in [5.41, 5.74) is 2.57. The second-order valence-electron chi connectivity index (χ2n) is 7.99. The molecule has 8 heteroatoms. The normalized spacial score (nSPS) is 16.2. The number of nitrogens with zero attached hydrogens (tertiary/aromatic N) is 3. The van der Waals surface area contributed by atoms with Gasteiger partial charge in [0, 0.05) is 25.8 Å². The summed E-state index contributed by atoms with van der Waals surface area (Å²) in [5.74, 6) is 1.50. The highest BCUT2D eigenvalue weighted by Gasteiger charge is 2.21. The van der Waals surface area contributed by atoms with Gasteiger partial charge in [-0.1, -0.05) is 24.3 Å². The molecule has 0 unspecified atom stereocenters. The number of carbonyl (C=O) groups is 1. The number of anilines is 1. The standard InChI is InChI=1S/C25H24FN5O2/c26-17-11-13-31(16-17)14-15-33-21-9-2-1-6-18(21)24-28-20-8-5-7-19(23(20)30-24)25(32)29-22-10-3-4-12-27-22/h1-10,12,17H,11,13-16H2,(H,28,30)(H,27,29,32)/t17-/m1/s1. The van der Waals surface area contributed by atoms with E-state index in [4.69, 9.17) is 9.72 Å². The first-order chi connectivity index (χ1) is 16.2. The lowest BCUT2D eigenvalue weighted by Crippen LogP contribution is -2.26. The number of aromatic nitrogens is 3. The summed E-state index contributed by atoms with van der Waals surface area (Å²) in [6.45, 7) is 2.37. The first kappa shape index (κ1) is 21.1. The van der Waals surface area contributed by atoms with Crippen LogP contribution in [0.5, 0.6) is 5.75 Å². The van der Waals surface area contributed by atoms with Crippen LogP contribution in [0.2, 0.25) is 0 Å². The van der Waals surface area contributed by atoms with Gasteiger partial charge in [-0.2, -0.15) is 0 Å². The third-order valence-corrected chi connectivity index (χ3v) is 5.69. The molecule has 2 N–H and O–H groups in total. The van der Waals surface area contributed by atoms with Crippen LogP contribution < -0.4 is 10.1 Å². The Morgan fingerprint density at radius 2 is 2.03 bits per heavy atom. The molecule has 33 heavy (non-hydrogen) atoms. The molecule has 0 bridgehead atoms. The molecule has 0 radical (unpaired) electrons. The Labute approximate surface area is 190 Å². The third kappa shape index (κ3) is 4.70. The van der Waals surface area contributed by atoms with Crippen molar-refractivity contribution in [2.45, 2.75) is 12.6 Å². The van der Waals surface area contributed by atoms with Gasteiger partial charge in [0.2, 0.25) is 0 Å². The molecule has 5 rings (SSSR count). The molecule has 1 aliphatic rings. The minimum Gasteiger partial charge on any atom is -0.491 e. The predicted octanol–water partition coefficient (Wildman–Crippen LogP) is 4.30. The Balaban J connectivity index is 1.37. The van der Waals surface area contributed by atoms with E-state index in [1.54, 1.807) is 24.4 Å². The average Bonchev–Trinajstić information content (AvgIpc) is 3.46. The van der Waals surface area contributed by atoms with Gasteiger partial charge in [0.05, 0.1) is 16.6 Å². The zero-order valence-corrected chi connectivity index (χ0v) is 18.0. The number of halogens is 1. The maximum atomic E-state index is 13.4. The van der Waals surface area contributed by atoms with Crippen LogP contribution in [0.25, 0.3) is 22.4 Å². The van der Waals surface area contributed by atoms with Crippen LogP contribution >= 0.6 is 0 Å². The van der Waals surface area contributed by atoms with Crippen LogP contribution in [0.4, 0.5) is 10.2 Å². The number of nitrogens with one attached hydrogen (secondary N) is 2. The number of benzene rings is 2. The summed E-state index contributed by atoms with van der Waals surface area (Å²) in [5, 5.41) is 2.81. The van der Waals surface area contributed by atoms with Gasteiger partial charge in [-0.25, -0.2) is 14.4 Å². The van der Waals surface area contributed by atoms with Gasteiger partial charge >= 0.3 is 0 Å². The Hall–Kier alpha value is -3.78. The molecule has 1 fully saturated rings. The number of alkyl halides is 1. The van der Waals surface area contributed by atoms with Crippen molar-refractivity contribution in [3.05, 3.63) is 72.4 Å². The molecule has 1 aliphatic heterocycles. The second-order valence-corrected chi connectivity index (χ2v) is 7.99. The zero-order valence-electron chi connectivity index (χ0n) is 18.0. The number of likely N-dealkylation sites (tertiary alicyclic amines) is 1. The van der Waals surface area contributed by atoms with E-state index in [1.165, 1.54) is 0 Å². The van der Waals surface area contributed by atoms with E-state index in [1.807, 2.05) is 42.5 Å². The van der Waals surface area contributed by atoms with E-state index in [9.17, 15) is 9.18 Å². The van der Waals surface area contributed by atoms with E-state index in [-0.39, 0.29) is 5.91 Å². The van der Waals surface area contributed by atoms with Gasteiger partial charge in [-0.3, -0.25) is 9.69 Å². The maximum Gasteiger partial charge on any atom is 0.259 e. The second kappa shape index (κ2) is 9.38. The number of rotatable bonds is 7. The molecule has 4 aromatic rings. The maximum absolute atomic E-state index is 13.4. The van der Waals surface area contributed by atoms with E-state index in [0.717, 1.165) is 17.6 Å². The van der Waals surface area contributed by atoms with Gasteiger partial charge < -0.3 is 15.0 Å². The molecular weight excluding hydrogens is 421 g/mol. The van der Waals surface area contributed by atoms with E-state index in [2.05, 4.69) is 20.2 Å². The molecular formula is C25H24FN5O2. The summed E-state index contributed by atoms with van der Waals surface area (Å²) in [6, 6.07) is 18.4. The summed E-state index contributed by atoms with van der Waals surface area (Å²) < 4.78 is 19.4. The first-order valence-corrected chi connectivity index (χ1v) is 11.0. The molecule has 3 heterocycles. The number of carbonyl (C=O) groups excluding carboxylic acids is 1. The van der Waals surface area contributed by atoms with Crippen molar-refractivity contribution in [2.75, 3.05) is 31.6 Å². The van der Waals surface area contributed by atoms with E-state index in [0.29, 0.717) is 54.6 Å². The van der Waals surface area contributed by atoms with Crippen molar-refractivity contribution < 1.29 is 13.9 Å². The number of para-hydroxylation sites is 2. The molecule has 2 aromatic carbocycles. The first-order valence-electron chi connectivity index (χ1n) is 11.0. The number of hydrogen-bond acceptors (Lipinski definition) is 5. The molecule has 0 aliphatic carbocycles. The minimum absolute atomic E-state index is 0.279. The third-order valence-electron chi connectivity index (χ3n) is 5.69. The van der Waals surface area contributed by atoms with Crippen molar-refractivity contribution in [1.29, 1.82) is 0 Å². The van der Waals surface area contributed by atoms with Gasteiger partial charge in [0.25, 0.3) is 5.91 Å². The van der Waals surface area contributed by atoms with E-state index < -0.39 is 6.17 Å². The van der Waals surface area contributed by atoms with Crippen LogP contribution in [0.1, 0.15) is 16.8 Å². The van der Waals surface area contributed by atoms with Gasteiger partial charge in [-0.05, 0) is 42.8 Å². The summed E-state index contributed by atoms with van der Waals surface area (Å²) in [7, 11) is 0. The molecule has 1 atom stereocenters. The Kier molecular flexibility index (Phi) is 5.99. The summed E-state index contributed by atoms with van der Waals surface area (Å²) in [4.78, 5) is 27.1. The molecule has 0 saturated carbocycles. The molecule has 0 spiro atoms. The molecule has 7 nitrogen and oxygen atoms in total. The molecule has 168 valence electrons.